The molecular formula is C10H13F3N2O5S. The number of aliphatic carboxylic acids is 1. The molecule has 0 aromatic carbocycles. The molecule has 0 fully saturated rings. The number of nitrogens with one attached hydrogen (secondary N) is 1. The van der Waals surface area contributed by atoms with Crippen LogP contribution < -0.4 is 5.32 Å². The van der Waals surface area contributed by atoms with Crippen molar-refractivity contribution < 1.29 is 37.4 Å². The van der Waals surface area contributed by atoms with Crippen LogP contribution in [0, 0.1) is 0 Å². The second kappa shape index (κ2) is 8.39. The highest BCUT2D eigenvalue weighted by molar-refractivity contribution is 8.01. The van der Waals surface area contributed by atoms with E-state index in [9.17, 15) is 22.8 Å². The van der Waals surface area contributed by atoms with E-state index in [0.29, 0.717) is 6.54 Å². The average molecular weight is 330 g/mol. The molecule has 0 saturated carbocycles. The van der Waals surface area contributed by atoms with E-state index >= 15 is 0 Å². The first-order valence-electron chi connectivity index (χ1n) is 5.35. The normalized spacial score (nSPS) is 13.8. The van der Waals surface area contributed by atoms with Crippen LogP contribution in [0.15, 0.2) is 11.0 Å². The largest absolute Gasteiger partial charge is 0.490 e. The minimum atomic E-state index is -5.08. The van der Waals surface area contributed by atoms with E-state index in [0.717, 1.165) is 4.91 Å². The van der Waals surface area contributed by atoms with Crippen LogP contribution >= 0.6 is 11.9 Å². The number of carboxylic acids is 1. The minimum absolute atomic E-state index is 0.0918. The average Bonchev–Trinajstić information content (AvgIpc) is 2.81. The number of carbonyl (C=O) groups is 3. The van der Waals surface area contributed by atoms with E-state index in [-0.39, 0.29) is 12.6 Å². The van der Waals surface area contributed by atoms with Gasteiger partial charge in [-0.25, -0.2) is 9.59 Å². The van der Waals surface area contributed by atoms with Crippen LogP contribution in [0.2, 0.25) is 0 Å². The standard InChI is InChI=1S/C8H12N2O3S.C2HF3O2/c1-6-3-4-10(14-6)8(12)9-5-7(11)13-2;3-2(4,5)1(6)7/h3H,4-5H2,1-2H3,(H,9,12);(H,6,7). The van der Waals surface area contributed by atoms with Crippen LogP contribution in [0.3, 0.4) is 0 Å². The number of allylic oxidation sites excluding steroid dienone is 1. The van der Waals surface area contributed by atoms with Gasteiger partial charge < -0.3 is 15.2 Å². The highest BCUT2D eigenvalue weighted by Gasteiger charge is 2.38. The first kappa shape index (κ1) is 19.1. The van der Waals surface area contributed by atoms with Crippen molar-refractivity contribution in [3.63, 3.8) is 0 Å². The van der Waals surface area contributed by atoms with Crippen LogP contribution in [0.5, 0.6) is 0 Å². The molecule has 2 amide bonds. The predicted octanol–water partition coefficient (Wildman–Crippen LogP) is 1.37. The number of methoxy groups -OCH3 is 1. The van der Waals surface area contributed by atoms with Crippen molar-refractivity contribution in [1.82, 2.24) is 9.62 Å². The number of rotatable bonds is 2. The van der Waals surface area contributed by atoms with Gasteiger partial charge in [0.1, 0.15) is 6.54 Å². The first-order valence-corrected chi connectivity index (χ1v) is 6.12. The summed E-state index contributed by atoms with van der Waals surface area (Å²) in [6.45, 7) is 2.41. The summed E-state index contributed by atoms with van der Waals surface area (Å²) in [5, 5.41) is 9.58. The fourth-order valence-electron chi connectivity index (χ4n) is 0.892. The molecule has 0 aromatic rings. The van der Waals surface area contributed by atoms with Crippen molar-refractivity contribution in [1.29, 1.82) is 0 Å². The Balaban J connectivity index is 0.000000486. The Kier molecular flexibility index (Phi) is 7.63. The number of ether oxygens (including phenoxy) is 1. The van der Waals surface area contributed by atoms with Crippen LogP contribution in [-0.4, -0.2) is 53.8 Å². The molecule has 7 nitrogen and oxygen atoms in total. The van der Waals surface area contributed by atoms with Crippen molar-refractivity contribution in [2.24, 2.45) is 0 Å². The summed E-state index contributed by atoms with van der Waals surface area (Å²) in [6, 6.07) is -0.270. The molecule has 11 heteroatoms. The Morgan fingerprint density at radius 2 is 2.00 bits per heavy atom. The van der Waals surface area contributed by atoms with E-state index < -0.39 is 18.1 Å². The molecule has 0 atom stereocenters. The zero-order valence-electron chi connectivity index (χ0n) is 11.1. The number of halogens is 3. The van der Waals surface area contributed by atoms with Gasteiger partial charge in [0, 0.05) is 4.91 Å². The summed E-state index contributed by atoms with van der Waals surface area (Å²) in [6.07, 6.45) is -3.14. The van der Waals surface area contributed by atoms with Gasteiger partial charge in [0.15, 0.2) is 0 Å². The second-order valence-corrected chi connectivity index (χ2v) is 4.77. The second-order valence-electron chi connectivity index (χ2n) is 3.50. The maximum atomic E-state index is 11.4. The van der Waals surface area contributed by atoms with E-state index in [1.54, 1.807) is 0 Å². The quantitative estimate of drug-likeness (QED) is 0.586. The Morgan fingerprint density at radius 1 is 1.48 bits per heavy atom. The van der Waals surface area contributed by atoms with Crippen molar-refractivity contribution in [3.8, 4) is 0 Å². The number of hydrogen-bond donors (Lipinski definition) is 2. The van der Waals surface area contributed by atoms with E-state index in [1.807, 2.05) is 13.0 Å². The fourth-order valence-corrected chi connectivity index (χ4v) is 1.69. The molecule has 0 bridgehead atoms. The molecule has 21 heavy (non-hydrogen) atoms. The molecule has 1 rings (SSSR count). The monoisotopic (exact) mass is 330 g/mol. The number of hydrogen-bond acceptors (Lipinski definition) is 5. The van der Waals surface area contributed by atoms with Gasteiger partial charge in [-0.3, -0.25) is 9.10 Å². The van der Waals surface area contributed by atoms with Crippen LogP contribution in [-0.2, 0) is 14.3 Å². The number of urea groups is 1. The maximum Gasteiger partial charge on any atom is 0.490 e. The van der Waals surface area contributed by atoms with Crippen LogP contribution in [0.1, 0.15) is 6.92 Å². The summed E-state index contributed by atoms with van der Waals surface area (Å²) in [5.74, 6) is -3.21. The molecule has 0 unspecified atom stereocenters. The highest BCUT2D eigenvalue weighted by Crippen LogP contribution is 2.26. The fraction of sp³-hybridized carbons (Fsp3) is 0.500. The number of amides is 2. The summed E-state index contributed by atoms with van der Waals surface area (Å²) in [4.78, 5) is 32.1. The zero-order valence-corrected chi connectivity index (χ0v) is 11.9. The molecule has 0 aromatic heterocycles. The van der Waals surface area contributed by atoms with Gasteiger partial charge in [-0.1, -0.05) is 6.08 Å². The molecular weight excluding hydrogens is 317 g/mol. The molecule has 1 aliphatic rings. The van der Waals surface area contributed by atoms with Gasteiger partial charge in [0.2, 0.25) is 0 Å². The van der Waals surface area contributed by atoms with Crippen molar-refractivity contribution in [3.05, 3.63) is 11.0 Å². The van der Waals surface area contributed by atoms with Crippen molar-refractivity contribution >= 4 is 29.9 Å². The van der Waals surface area contributed by atoms with Crippen LogP contribution in [0.25, 0.3) is 0 Å². The number of nitrogens with zero attached hydrogens (tertiary/aromatic N) is 1. The summed E-state index contributed by atoms with van der Waals surface area (Å²) in [5.41, 5.74) is 0. The van der Waals surface area contributed by atoms with Gasteiger partial charge in [-0.05, 0) is 18.9 Å². The lowest BCUT2D eigenvalue weighted by atomic mass is 10.5. The Bertz CT molecular complexity index is 439. The zero-order chi connectivity index (χ0) is 16.6. The summed E-state index contributed by atoms with van der Waals surface area (Å²) in [7, 11) is 1.28. The molecule has 1 heterocycles. The van der Waals surface area contributed by atoms with E-state index in [4.69, 9.17) is 9.90 Å². The van der Waals surface area contributed by atoms with Crippen molar-refractivity contribution in [2.45, 2.75) is 13.1 Å². The third-order valence-corrected chi connectivity index (χ3v) is 2.87. The highest BCUT2D eigenvalue weighted by atomic mass is 32.2. The Morgan fingerprint density at radius 3 is 2.33 bits per heavy atom. The Hall–Kier alpha value is -1.91. The molecule has 120 valence electrons. The lowest BCUT2D eigenvalue weighted by molar-refractivity contribution is -0.192. The minimum Gasteiger partial charge on any atom is -0.475 e. The molecule has 0 radical (unpaired) electrons. The molecule has 1 aliphatic heterocycles. The number of alkyl halides is 3. The molecule has 0 saturated heterocycles. The lowest BCUT2D eigenvalue weighted by Crippen LogP contribution is -2.37. The number of carboxylic acid groups (broad SMARTS) is 1. The summed E-state index contributed by atoms with van der Waals surface area (Å²) < 4.78 is 37.7. The van der Waals surface area contributed by atoms with Gasteiger partial charge >= 0.3 is 24.1 Å². The SMILES string of the molecule is COC(=O)CNC(=O)N1CC=C(C)S1.O=C(O)C(F)(F)F. The third-order valence-electron chi connectivity index (χ3n) is 1.88. The first-order chi connectivity index (χ1) is 9.57. The molecule has 2 N–H and O–H groups in total. The van der Waals surface area contributed by atoms with E-state index in [1.165, 1.54) is 23.4 Å². The number of carbonyl (C=O) groups excluding carboxylic acids is 2. The number of esters is 1. The van der Waals surface area contributed by atoms with Gasteiger partial charge in [0.05, 0.1) is 13.7 Å². The van der Waals surface area contributed by atoms with Gasteiger partial charge in [-0.15, -0.1) is 0 Å². The van der Waals surface area contributed by atoms with Crippen molar-refractivity contribution in [2.75, 3.05) is 20.2 Å². The van der Waals surface area contributed by atoms with Gasteiger partial charge in [-0.2, -0.15) is 13.2 Å². The topological polar surface area (TPSA) is 95.9 Å². The molecule has 0 spiro atoms. The smallest absolute Gasteiger partial charge is 0.475 e. The third kappa shape index (κ3) is 8.07. The Labute approximate surface area is 122 Å². The lowest BCUT2D eigenvalue weighted by Gasteiger charge is -2.14. The predicted molar refractivity (Wildman–Crippen MR) is 67.2 cm³/mol. The van der Waals surface area contributed by atoms with Crippen LogP contribution in [0.4, 0.5) is 18.0 Å². The maximum absolute atomic E-state index is 11.4. The van der Waals surface area contributed by atoms with E-state index in [2.05, 4.69) is 10.1 Å². The van der Waals surface area contributed by atoms with Gasteiger partial charge in [0.25, 0.3) is 0 Å². The summed E-state index contributed by atoms with van der Waals surface area (Å²) >= 11 is 1.36. The molecule has 0 aliphatic carbocycles.